The molecule has 12 heteroatoms. The normalized spacial score (nSPS) is 16.5. The van der Waals surface area contributed by atoms with E-state index >= 15 is 0 Å². The van der Waals surface area contributed by atoms with E-state index in [1.54, 1.807) is 0 Å². The van der Waals surface area contributed by atoms with E-state index < -0.39 is 40.4 Å². The molecular weight excluding hydrogens is 300 g/mol. The maximum Gasteiger partial charge on any atom is 0.291 e. The minimum atomic E-state index is -4.45. The van der Waals surface area contributed by atoms with Crippen molar-refractivity contribution in [2.45, 2.75) is 9.79 Å². The number of benzene rings is 1. The lowest BCUT2D eigenvalue weighted by Crippen LogP contribution is -2.18. The van der Waals surface area contributed by atoms with Crippen molar-refractivity contribution < 1.29 is 21.8 Å². The van der Waals surface area contributed by atoms with Crippen LogP contribution in [-0.2, 0) is 20.0 Å². The van der Waals surface area contributed by atoms with Crippen LogP contribution in [0, 0.1) is 10.1 Å². The number of hydrogen-bond donors (Lipinski definition) is 2. The first-order valence-electron chi connectivity index (χ1n) is 4.53. The third-order valence-corrected chi connectivity index (χ3v) is 4.47. The lowest BCUT2D eigenvalue weighted by Gasteiger charge is -2.13. The second-order valence-corrected chi connectivity index (χ2v) is 6.60. The van der Waals surface area contributed by atoms with Crippen LogP contribution in [0.15, 0.2) is 26.3 Å². The van der Waals surface area contributed by atoms with Gasteiger partial charge in [-0.2, -0.15) is 8.42 Å². The average Bonchev–Trinajstić information content (AvgIpc) is 2.25. The first kappa shape index (κ1) is 13.4. The highest BCUT2D eigenvalue weighted by atomic mass is 32.2. The van der Waals surface area contributed by atoms with Gasteiger partial charge in [-0.25, -0.2) is 13.6 Å². The predicted octanol–water partition coefficient (Wildman–Crippen LogP) is -0.615. The number of hydrogen-bond acceptors (Lipinski definition) is 7. The Kier molecular flexibility index (Phi) is 2.80. The van der Waals surface area contributed by atoms with E-state index in [0.29, 0.717) is 6.07 Å². The minimum Gasteiger partial charge on any atom is -0.344 e. The Balaban J connectivity index is 2.88. The molecule has 2 rings (SSSR count). The number of nitrogens with one attached hydrogen (secondary N) is 1. The summed E-state index contributed by atoms with van der Waals surface area (Å²) in [6.07, 6.45) is 0.831. The summed E-state index contributed by atoms with van der Waals surface area (Å²) in [5, 5.41) is 18.0. The number of anilines is 1. The summed E-state index contributed by atoms with van der Waals surface area (Å²) in [7, 11) is -8.55. The van der Waals surface area contributed by atoms with Crippen molar-refractivity contribution in [2.75, 3.05) is 5.32 Å². The fraction of sp³-hybridized carbons (Fsp3) is 0. The van der Waals surface area contributed by atoms with Gasteiger partial charge >= 0.3 is 0 Å². The van der Waals surface area contributed by atoms with Crippen molar-refractivity contribution in [3.05, 3.63) is 22.2 Å². The highest BCUT2D eigenvalue weighted by molar-refractivity contribution is 7.91. The summed E-state index contributed by atoms with van der Waals surface area (Å²) in [5.41, 5.74) is -0.964. The fourth-order valence-corrected chi connectivity index (χ4v) is 3.22. The molecular formula is C7H6N4O6S2. The second kappa shape index (κ2) is 3.97. The van der Waals surface area contributed by atoms with Crippen LogP contribution in [0.1, 0.15) is 0 Å². The van der Waals surface area contributed by atoms with Gasteiger partial charge in [0.15, 0.2) is 4.90 Å². The molecule has 0 radical (unpaired) electrons. The van der Waals surface area contributed by atoms with Crippen LogP contribution >= 0.6 is 0 Å². The van der Waals surface area contributed by atoms with Crippen molar-refractivity contribution in [3.8, 4) is 0 Å². The van der Waals surface area contributed by atoms with E-state index in [2.05, 4.69) is 9.71 Å². The van der Waals surface area contributed by atoms with E-state index in [1.807, 2.05) is 0 Å². The molecule has 102 valence electrons. The quantitative estimate of drug-likeness (QED) is 0.543. The maximum absolute atomic E-state index is 11.6. The lowest BCUT2D eigenvalue weighted by atomic mass is 10.3. The van der Waals surface area contributed by atoms with Crippen molar-refractivity contribution in [1.82, 2.24) is 0 Å². The SMILES string of the molecule is NS(=O)(=O)c1cc2c(cc1[N+](=O)[O-])NC=NS2(=O)=O. The number of sulfonamides is 2. The first-order chi connectivity index (χ1) is 8.63. The van der Waals surface area contributed by atoms with E-state index in [-0.39, 0.29) is 5.69 Å². The molecule has 1 aromatic rings. The minimum absolute atomic E-state index is 0.144. The third-order valence-electron chi connectivity index (χ3n) is 2.25. The Bertz CT molecular complexity index is 810. The van der Waals surface area contributed by atoms with E-state index in [9.17, 15) is 26.9 Å². The molecule has 3 N–H and O–H groups in total. The molecule has 0 atom stereocenters. The van der Waals surface area contributed by atoms with Gasteiger partial charge in [-0.1, -0.05) is 0 Å². The molecule has 0 aromatic heterocycles. The van der Waals surface area contributed by atoms with Crippen LogP contribution in [0.4, 0.5) is 11.4 Å². The largest absolute Gasteiger partial charge is 0.344 e. The van der Waals surface area contributed by atoms with Crippen LogP contribution in [-0.4, -0.2) is 28.1 Å². The Morgan fingerprint density at radius 3 is 2.53 bits per heavy atom. The highest BCUT2D eigenvalue weighted by Crippen LogP contribution is 2.34. The van der Waals surface area contributed by atoms with E-state index in [1.165, 1.54) is 0 Å². The summed E-state index contributed by atoms with van der Waals surface area (Å²) < 4.78 is 48.9. The molecule has 0 unspecified atom stereocenters. The maximum atomic E-state index is 11.6. The van der Waals surface area contributed by atoms with Gasteiger partial charge in [-0.05, 0) is 6.07 Å². The van der Waals surface area contributed by atoms with Crippen LogP contribution in [0.25, 0.3) is 0 Å². The van der Waals surface area contributed by atoms with Crippen LogP contribution in [0.2, 0.25) is 0 Å². The number of fused-ring (bicyclic) bond motifs is 1. The summed E-state index contributed by atoms with van der Waals surface area (Å²) in [5.74, 6) is 0. The Morgan fingerprint density at radius 1 is 1.37 bits per heavy atom. The van der Waals surface area contributed by atoms with Crippen molar-refractivity contribution in [2.24, 2.45) is 9.54 Å². The summed E-state index contributed by atoms with van der Waals surface area (Å²) in [6.45, 7) is 0. The first-order valence-corrected chi connectivity index (χ1v) is 7.52. The van der Waals surface area contributed by atoms with Gasteiger partial charge in [0.2, 0.25) is 10.0 Å². The van der Waals surface area contributed by atoms with Gasteiger partial charge < -0.3 is 5.32 Å². The summed E-state index contributed by atoms with van der Waals surface area (Å²) in [6, 6.07) is 1.39. The number of nitro benzene ring substituents is 1. The standard InChI is InChI=1S/C7H6N4O6S2/c8-18(14,15)7-2-6-4(1-5(7)11(12)13)9-3-10-19(6,16)17/h1-3H,(H,9,10)(H2,8,14,15). The van der Waals surface area contributed by atoms with Gasteiger partial charge in [-0.3, -0.25) is 10.1 Å². The molecule has 1 aromatic carbocycles. The molecule has 1 aliphatic rings. The van der Waals surface area contributed by atoms with Gasteiger partial charge in [0.05, 0.1) is 10.6 Å². The second-order valence-electron chi connectivity index (χ2n) is 3.47. The molecule has 0 fully saturated rings. The van der Waals surface area contributed by atoms with Crippen LogP contribution in [0.3, 0.4) is 0 Å². The molecule has 0 spiro atoms. The zero-order valence-corrected chi connectivity index (χ0v) is 10.6. The molecule has 1 heterocycles. The number of nitrogens with two attached hydrogens (primary N) is 1. The van der Waals surface area contributed by atoms with Crippen LogP contribution < -0.4 is 10.5 Å². The molecule has 1 aliphatic heterocycles. The number of rotatable bonds is 2. The fourth-order valence-electron chi connectivity index (χ4n) is 1.47. The zero-order chi connectivity index (χ0) is 14.4. The summed E-state index contributed by atoms with van der Waals surface area (Å²) >= 11 is 0. The average molecular weight is 306 g/mol. The Hall–Kier alpha value is -2.05. The van der Waals surface area contributed by atoms with Gasteiger partial charge in [-0.15, -0.1) is 4.40 Å². The Morgan fingerprint density at radius 2 is 2.00 bits per heavy atom. The monoisotopic (exact) mass is 306 g/mol. The van der Waals surface area contributed by atoms with Crippen molar-refractivity contribution in [3.63, 3.8) is 0 Å². The molecule has 0 amide bonds. The predicted molar refractivity (Wildman–Crippen MR) is 63.8 cm³/mol. The van der Waals surface area contributed by atoms with Gasteiger partial charge in [0, 0.05) is 6.07 Å². The number of primary sulfonamides is 1. The Labute approximate surface area is 107 Å². The summed E-state index contributed by atoms with van der Waals surface area (Å²) in [4.78, 5) is 8.43. The van der Waals surface area contributed by atoms with Crippen LogP contribution in [0.5, 0.6) is 0 Å². The van der Waals surface area contributed by atoms with E-state index in [4.69, 9.17) is 5.14 Å². The van der Waals surface area contributed by atoms with Crippen molar-refractivity contribution in [1.29, 1.82) is 0 Å². The number of nitro groups is 1. The molecule has 19 heavy (non-hydrogen) atoms. The topological polar surface area (TPSA) is 162 Å². The van der Waals surface area contributed by atoms with E-state index in [0.717, 1.165) is 12.4 Å². The molecule has 0 saturated carbocycles. The molecule has 0 bridgehead atoms. The van der Waals surface area contributed by atoms with Gasteiger partial charge in [0.25, 0.3) is 15.7 Å². The third kappa shape index (κ3) is 2.27. The molecule has 10 nitrogen and oxygen atoms in total. The number of nitrogens with zero attached hydrogens (tertiary/aromatic N) is 2. The molecule has 0 saturated heterocycles. The molecule has 0 aliphatic carbocycles. The lowest BCUT2D eigenvalue weighted by molar-refractivity contribution is -0.387. The zero-order valence-electron chi connectivity index (χ0n) is 8.97. The van der Waals surface area contributed by atoms with Crippen molar-refractivity contribution >= 4 is 37.8 Å². The van der Waals surface area contributed by atoms with Gasteiger partial charge in [0.1, 0.15) is 11.2 Å². The smallest absolute Gasteiger partial charge is 0.291 e. The highest BCUT2D eigenvalue weighted by Gasteiger charge is 2.30.